The molecule has 0 aliphatic heterocycles. The smallest absolute Gasteiger partial charge is 0.0947 e. The highest BCUT2D eigenvalue weighted by Crippen LogP contribution is 2.24. The Morgan fingerprint density at radius 2 is 2.30 bits per heavy atom. The number of rotatable bonds is 1. The van der Waals surface area contributed by atoms with Gasteiger partial charge in [-0.25, -0.2) is 0 Å². The Kier molecular flexibility index (Phi) is 2.58. The van der Waals surface area contributed by atoms with Crippen LogP contribution in [0, 0.1) is 11.3 Å². The zero-order chi connectivity index (χ0) is 7.40. The molecule has 0 bridgehead atoms. The van der Waals surface area contributed by atoms with Crippen LogP contribution >= 0.6 is 11.8 Å². The molecule has 0 heterocycles. The average Bonchev–Trinajstić information content (AvgIpc) is 2.05. The van der Waals surface area contributed by atoms with Gasteiger partial charge in [-0.15, -0.1) is 11.8 Å². The summed E-state index contributed by atoms with van der Waals surface area (Å²) in [7, 11) is 0. The maximum Gasteiger partial charge on any atom is 0.0947 e. The van der Waals surface area contributed by atoms with Gasteiger partial charge in [0.2, 0.25) is 0 Å². The van der Waals surface area contributed by atoms with Gasteiger partial charge in [-0.1, -0.05) is 6.08 Å². The van der Waals surface area contributed by atoms with Crippen LogP contribution in [0.25, 0.3) is 0 Å². The van der Waals surface area contributed by atoms with Crippen LogP contribution in [0.15, 0.2) is 22.6 Å². The van der Waals surface area contributed by atoms with Gasteiger partial charge >= 0.3 is 0 Å². The van der Waals surface area contributed by atoms with E-state index < -0.39 is 0 Å². The van der Waals surface area contributed by atoms with Crippen LogP contribution in [0.1, 0.15) is 12.8 Å². The standard InChI is InChI=1S/C8H9NS/c1-10-8-4-2-7(6-9)3-5-8/h2,4H,3,5H2,1H3. The molecule has 1 aliphatic rings. The highest BCUT2D eigenvalue weighted by Gasteiger charge is 2.03. The van der Waals surface area contributed by atoms with Gasteiger partial charge in [0.05, 0.1) is 6.07 Å². The maximum atomic E-state index is 8.50. The van der Waals surface area contributed by atoms with E-state index in [4.69, 9.17) is 5.26 Å². The van der Waals surface area contributed by atoms with Crippen molar-refractivity contribution in [3.63, 3.8) is 0 Å². The molecule has 0 aromatic rings. The third-order valence-electron chi connectivity index (χ3n) is 1.52. The van der Waals surface area contributed by atoms with Crippen LogP contribution in [0.5, 0.6) is 0 Å². The fourth-order valence-corrected chi connectivity index (χ4v) is 1.39. The topological polar surface area (TPSA) is 23.8 Å². The minimum absolute atomic E-state index is 0.901. The van der Waals surface area contributed by atoms with Crippen molar-refractivity contribution in [3.05, 3.63) is 22.6 Å². The first-order valence-corrected chi connectivity index (χ1v) is 4.43. The molecule has 1 nitrogen and oxygen atoms in total. The summed E-state index contributed by atoms with van der Waals surface area (Å²) in [6.07, 6.45) is 7.98. The van der Waals surface area contributed by atoms with Gasteiger partial charge in [-0.05, 0) is 30.1 Å². The summed E-state index contributed by atoms with van der Waals surface area (Å²) >= 11 is 1.77. The summed E-state index contributed by atoms with van der Waals surface area (Å²) in [6.45, 7) is 0. The van der Waals surface area contributed by atoms with Crippen molar-refractivity contribution in [2.75, 3.05) is 6.26 Å². The number of thioether (sulfide) groups is 1. The highest BCUT2D eigenvalue weighted by atomic mass is 32.2. The molecule has 2 heteroatoms. The molecule has 0 unspecified atom stereocenters. The lowest BCUT2D eigenvalue weighted by Crippen LogP contribution is -1.87. The van der Waals surface area contributed by atoms with E-state index >= 15 is 0 Å². The second-order valence-electron chi connectivity index (χ2n) is 2.14. The summed E-state index contributed by atoms with van der Waals surface area (Å²) in [6, 6.07) is 2.16. The Hall–Kier alpha value is -0.680. The lowest BCUT2D eigenvalue weighted by molar-refractivity contribution is 0.981. The summed E-state index contributed by atoms with van der Waals surface area (Å²) in [4.78, 5) is 1.37. The van der Waals surface area contributed by atoms with Crippen LogP contribution < -0.4 is 0 Å². The second-order valence-corrected chi connectivity index (χ2v) is 3.07. The largest absolute Gasteiger partial charge is 0.193 e. The Bertz CT molecular complexity index is 220. The van der Waals surface area contributed by atoms with Crippen molar-refractivity contribution in [1.29, 1.82) is 5.26 Å². The van der Waals surface area contributed by atoms with Crippen molar-refractivity contribution in [2.24, 2.45) is 0 Å². The summed E-state index contributed by atoms with van der Waals surface area (Å²) in [5.74, 6) is 0. The quantitative estimate of drug-likeness (QED) is 0.575. The van der Waals surface area contributed by atoms with Crippen molar-refractivity contribution < 1.29 is 0 Å². The maximum absolute atomic E-state index is 8.50. The summed E-state index contributed by atoms with van der Waals surface area (Å²) < 4.78 is 0. The van der Waals surface area contributed by atoms with Gasteiger partial charge < -0.3 is 0 Å². The molecule has 0 saturated heterocycles. The molecule has 0 amide bonds. The molecule has 0 saturated carbocycles. The van der Waals surface area contributed by atoms with E-state index in [0.29, 0.717) is 0 Å². The predicted octanol–water partition coefficient (Wildman–Crippen LogP) is 2.48. The van der Waals surface area contributed by atoms with Crippen molar-refractivity contribution in [3.8, 4) is 6.07 Å². The third kappa shape index (κ3) is 1.65. The molecule has 0 aromatic carbocycles. The second kappa shape index (κ2) is 3.48. The van der Waals surface area contributed by atoms with E-state index in [2.05, 4.69) is 12.3 Å². The Labute approximate surface area is 65.4 Å². The monoisotopic (exact) mass is 151 g/mol. The number of hydrogen-bond acceptors (Lipinski definition) is 2. The fraction of sp³-hybridized carbons (Fsp3) is 0.375. The molecule has 1 aliphatic carbocycles. The first-order chi connectivity index (χ1) is 4.86. The van der Waals surface area contributed by atoms with Gasteiger partial charge in [0.15, 0.2) is 0 Å². The van der Waals surface area contributed by atoms with Crippen LogP contribution in [-0.2, 0) is 0 Å². The SMILES string of the molecule is CSC1=CC=C(C#N)CC1. The van der Waals surface area contributed by atoms with Gasteiger partial charge in [-0.3, -0.25) is 0 Å². The fourth-order valence-electron chi connectivity index (χ4n) is 0.881. The molecule has 52 valence electrons. The normalized spacial score (nSPS) is 17.2. The third-order valence-corrected chi connectivity index (χ3v) is 2.38. The van der Waals surface area contributed by atoms with E-state index in [-0.39, 0.29) is 0 Å². The molecular formula is C8H9NS. The van der Waals surface area contributed by atoms with Crippen molar-refractivity contribution in [1.82, 2.24) is 0 Å². The summed E-state index contributed by atoms with van der Waals surface area (Å²) in [5.41, 5.74) is 0.901. The van der Waals surface area contributed by atoms with Gasteiger partial charge in [-0.2, -0.15) is 5.26 Å². The minimum Gasteiger partial charge on any atom is -0.193 e. The van der Waals surface area contributed by atoms with E-state index in [0.717, 1.165) is 18.4 Å². The van der Waals surface area contributed by atoms with Gasteiger partial charge in [0, 0.05) is 5.57 Å². The number of nitrogens with zero attached hydrogens (tertiary/aromatic N) is 1. The van der Waals surface area contributed by atoms with Crippen LogP contribution in [-0.4, -0.2) is 6.26 Å². The van der Waals surface area contributed by atoms with Crippen LogP contribution in [0.4, 0.5) is 0 Å². The van der Waals surface area contributed by atoms with Gasteiger partial charge in [0.1, 0.15) is 0 Å². The average molecular weight is 151 g/mol. The number of allylic oxidation sites excluding steroid dienone is 4. The predicted molar refractivity (Wildman–Crippen MR) is 44.5 cm³/mol. The molecule has 0 atom stereocenters. The van der Waals surface area contributed by atoms with E-state index in [1.165, 1.54) is 4.91 Å². The molecule has 10 heavy (non-hydrogen) atoms. The first-order valence-electron chi connectivity index (χ1n) is 3.20. The van der Waals surface area contributed by atoms with Crippen LogP contribution in [0.2, 0.25) is 0 Å². The highest BCUT2D eigenvalue weighted by molar-refractivity contribution is 8.02. The number of nitriles is 1. The Morgan fingerprint density at radius 1 is 1.50 bits per heavy atom. The number of hydrogen-bond donors (Lipinski definition) is 0. The summed E-state index contributed by atoms with van der Waals surface area (Å²) in [5, 5.41) is 8.50. The van der Waals surface area contributed by atoms with E-state index in [1.807, 2.05) is 12.2 Å². The molecule has 0 radical (unpaired) electrons. The molecule has 1 rings (SSSR count). The first kappa shape index (κ1) is 7.43. The molecule has 0 spiro atoms. The Balaban J connectivity index is 2.67. The van der Waals surface area contributed by atoms with Gasteiger partial charge in [0.25, 0.3) is 0 Å². The lowest BCUT2D eigenvalue weighted by Gasteiger charge is -2.06. The zero-order valence-electron chi connectivity index (χ0n) is 5.92. The Morgan fingerprint density at radius 3 is 2.70 bits per heavy atom. The molecular weight excluding hydrogens is 142 g/mol. The van der Waals surface area contributed by atoms with E-state index in [9.17, 15) is 0 Å². The molecule has 0 aromatic heterocycles. The van der Waals surface area contributed by atoms with Crippen molar-refractivity contribution >= 4 is 11.8 Å². The minimum atomic E-state index is 0.901. The van der Waals surface area contributed by atoms with Crippen LogP contribution in [0.3, 0.4) is 0 Å². The lowest BCUT2D eigenvalue weighted by atomic mass is 10.1. The molecule has 0 N–H and O–H groups in total. The molecule has 0 fully saturated rings. The zero-order valence-corrected chi connectivity index (χ0v) is 6.74. The van der Waals surface area contributed by atoms with Crippen molar-refractivity contribution in [2.45, 2.75) is 12.8 Å². The van der Waals surface area contributed by atoms with E-state index in [1.54, 1.807) is 11.8 Å².